The summed E-state index contributed by atoms with van der Waals surface area (Å²) in [6.07, 6.45) is 7.70. The zero-order valence-electron chi connectivity index (χ0n) is 22.3. The quantitative estimate of drug-likeness (QED) is 0.302. The van der Waals surface area contributed by atoms with Crippen LogP contribution < -0.4 is 10.1 Å². The Kier molecular flexibility index (Phi) is 9.27. The molecule has 2 heterocycles. The number of methoxy groups -OCH3 is 1. The number of carboxylic acids is 1. The number of fused-ring (bicyclic) bond motifs is 2. The molecular formula is C28H39N3O7. The SMILES string of the molecule is CCOCO[C@@H]1C[C@H]2C(=O)N[C@]3(C(=O)O)C[C@H]3/C=C\CCCCCN(Cc3ccc(OC)cc3)C(=O)N2C1. The predicted octanol–water partition coefficient (Wildman–Crippen LogP) is 3.16. The van der Waals surface area contributed by atoms with Crippen LogP contribution in [-0.4, -0.2) is 84.1 Å². The zero-order valence-corrected chi connectivity index (χ0v) is 22.3. The monoisotopic (exact) mass is 529 g/mol. The molecule has 0 spiro atoms. The second kappa shape index (κ2) is 12.6. The van der Waals surface area contributed by atoms with Gasteiger partial charge >= 0.3 is 12.0 Å². The highest BCUT2D eigenvalue weighted by Gasteiger charge is 2.61. The number of amides is 3. The highest BCUT2D eigenvalue weighted by Crippen LogP contribution is 2.45. The van der Waals surface area contributed by atoms with Crippen LogP contribution in [0, 0.1) is 5.92 Å². The topological polar surface area (TPSA) is 118 Å². The highest BCUT2D eigenvalue weighted by atomic mass is 16.7. The maximum atomic E-state index is 14.0. The van der Waals surface area contributed by atoms with E-state index >= 15 is 0 Å². The second-order valence-electron chi connectivity index (χ2n) is 10.2. The molecule has 2 fully saturated rings. The van der Waals surface area contributed by atoms with E-state index in [2.05, 4.69) is 5.32 Å². The summed E-state index contributed by atoms with van der Waals surface area (Å²) in [5.41, 5.74) is -0.370. The van der Waals surface area contributed by atoms with Crippen LogP contribution >= 0.6 is 0 Å². The van der Waals surface area contributed by atoms with Gasteiger partial charge in [-0.25, -0.2) is 9.59 Å². The number of rotatable bonds is 8. The third kappa shape index (κ3) is 6.47. The maximum absolute atomic E-state index is 14.0. The van der Waals surface area contributed by atoms with Crippen molar-refractivity contribution < 1.29 is 33.7 Å². The molecule has 0 unspecified atom stereocenters. The zero-order chi connectivity index (χ0) is 27.1. The van der Waals surface area contributed by atoms with Crippen molar-refractivity contribution in [2.24, 2.45) is 5.92 Å². The molecule has 10 heteroatoms. The summed E-state index contributed by atoms with van der Waals surface area (Å²) in [6, 6.07) is 6.49. The van der Waals surface area contributed by atoms with Gasteiger partial charge in [0, 0.05) is 38.6 Å². The number of carbonyl (C=O) groups is 3. The molecule has 4 rings (SSSR count). The van der Waals surface area contributed by atoms with E-state index in [0.29, 0.717) is 26.1 Å². The average Bonchev–Trinajstić information content (AvgIpc) is 3.44. The molecule has 3 aliphatic rings. The molecule has 0 bridgehead atoms. The van der Waals surface area contributed by atoms with Crippen molar-refractivity contribution in [1.29, 1.82) is 0 Å². The number of aliphatic carboxylic acids is 1. The first-order valence-corrected chi connectivity index (χ1v) is 13.5. The third-order valence-electron chi connectivity index (χ3n) is 7.62. The number of hydrogen-bond acceptors (Lipinski definition) is 6. The van der Waals surface area contributed by atoms with Gasteiger partial charge in [-0.1, -0.05) is 30.7 Å². The molecule has 1 aromatic carbocycles. The fourth-order valence-corrected chi connectivity index (χ4v) is 5.25. The molecule has 2 aliphatic heterocycles. The Balaban J connectivity index is 1.58. The summed E-state index contributed by atoms with van der Waals surface area (Å²) in [7, 11) is 1.61. The first kappa shape index (κ1) is 27.9. The number of allylic oxidation sites excluding steroid dienone is 1. The van der Waals surface area contributed by atoms with Gasteiger partial charge in [-0.15, -0.1) is 0 Å². The van der Waals surface area contributed by atoms with Crippen LogP contribution in [0.3, 0.4) is 0 Å². The van der Waals surface area contributed by atoms with Crippen molar-refractivity contribution in [3.05, 3.63) is 42.0 Å². The third-order valence-corrected chi connectivity index (χ3v) is 7.62. The molecule has 1 aromatic rings. The van der Waals surface area contributed by atoms with E-state index in [4.69, 9.17) is 14.2 Å². The van der Waals surface area contributed by atoms with Gasteiger partial charge in [0.2, 0.25) is 5.91 Å². The van der Waals surface area contributed by atoms with Crippen molar-refractivity contribution in [3.8, 4) is 5.75 Å². The first-order valence-electron chi connectivity index (χ1n) is 13.5. The lowest BCUT2D eigenvalue weighted by molar-refractivity contribution is -0.144. The highest BCUT2D eigenvalue weighted by molar-refractivity contribution is 5.94. The Morgan fingerprint density at radius 1 is 1.18 bits per heavy atom. The van der Waals surface area contributed by atoms with Gasteiger partial charge in [0.05, 0.1) is 13.2 Å². The minimum absolute atomic E-state index is 0.0685. The minimum Gasteiger partial charge on any atom is -0.497 e. The minimum atomic E-state index is -1.32. The number of hydrogen-bond donors (Lipinski definition) is 2. The summed E-state index contributed by atoms with van der Waals surface area (Å²) in [5, 5.41) is 12.7. The molecule has 2 N–H and O–H groups in total. The largest absolute Gasteiger partial charge is 0.497 e. The first-order chi connectivity index (χ1) is 18.4. The van der Waals surface area contributed by atoms with E-state index in [9.17, 15) is 19.5 Å². The normalized spacial score (nSPS) is 28.9. The average molecular weight is 530 g/mol. The van der Waals surface area contributed by atoms with E-state index in [1.807, 2.05) is 43.3 Å². The summed E-state index contributed by atoms with van der Waals surface area (Å²) >= 11 is 0. The lowest BCUT2D eigenvalue weighted by Gasteiger charge is -2.32. The van der Waals surface area contributed by atoms with Crippen LogP contribution in [0.1, 0.15) is 51.0 Å². The Labute approximate surface area is 223 Å². The number of nitrogens with zero attached hydrogens (tertiary/aromatic N) is 2. The Bertz CT molecular complexity index is 1010. The summed E-state index contributed by atoms with van der Waals surface area (Å²) in [5.74, 6) is -1.03. The predicted molar refractivity (Wildman–Crippen MR) is 140 cm³/mol. The van der Waals surface area contributed by atoms with Crippen LogP contribution in [0.25, 0.3) is 0 Å². The Hall–Kier alpha value is -3.11. The van der Waals surface area contributed by atoms with Crippen molar-refractivity contribution in [2.75, 3.05) is 33.6 Å². The van der Waals surface area contributed by atoms with Gasteiger partial charge < -0.3 is 34.4 Å². The summed E-state index contributed by atoms with van der Waals surface area (Å²) < 4.78 is 16.4. The molecule has 3 amide bonds. The maximum Gasteiger partial charge on any atom is 0.330 e. The molecular weight excluding hydrogens is 490 g/mol. The van der Waals surface area contributed by atoms with Gasteiger partial charge in [-0.2, -0.15) is 0 Å². The molecule has 4 atom stereocenters. The smallest absolute Gasteiger partial charge is 0.330 e. The number of ether oxygens (including phenoxy) is 3. The number of benzene rings is 1. The second-order valence-corrected chi connectivity index (χ2v) is 10.2. The molecule has 38 heavy (non-hydrogen) atoms. The van der Waals surface area contributed by atoms with E-state index in [1.54, 1.807) is 12.0 Å². The van der Waals surface area contributed by atoms with Crippen LogP contribution in [0.15, 0.2) is 36.4 Å². The summed E-state index contributed by atoms with van der Waals surface area (Å²) in [4.78, 5) is 43.0. The number of carbonyl (C=O) groups excluding carboxylic acids is 2. The Morgan fingerprint density at radius 3 is 2.68 bits per heavy atom. The van der Waals surface area contributed by atoms with Crippen molar-refractivity contribution in [3.63, 3.8) is 0 Å². The number of carboxylic acid groups (broad SMARTS) is 1. The van der Waals surface area contributed by atoms with Gasteiger partial charge in [0.25, 0.3) is 0 Å². The van der Waals surface area contributed by atoms with Crippen molar-refractivity contribution >= 4 is 17.9 Å². The van der Waals surface area contributed by atoms with E-state index in [0.717, 1.165) is 37.0 Å². The molecule has 0 aromatic heterocycles. The van der Waals surface area contributed by atoms with Gasteiger partial charge in [-0.3, -0.25) is 4.79 Å². The van der Waals surface area contributed by atoms with Gasteiger partial charge in [0.1, 0.15) is 24.1 Å². The fraction of sp³-hybridized carbons (Fsp3) is 0.607. The van der Waals surface area contributed by atoms with E-state index in [-0.39, 0.29) is 31.7 Å². The lowest BCUT2D eigenvalue weighted by atomic mass is 10.1. The van der Waals surface area contributed by atoms with Gasteiger partial charge in [-0.05, 0) is 50.3 Å². The van der Waals surface area contributed by atoms with Crippen LogP contribution in [-0.2, 0) is 25.6 Å². The molecule has 1 aliphatic carbocycles. The lowest BCUT2D eigenvalue weighted by Crippen LogP contribution is -2.55. The summed E-state index contributed by atoms with van der Waals surface area (Å²) in [6.45, 7) is 3.59. The van der Waals surface area contributed by atoms with Crippen LogP contribution in [0.2, 0.25) is 0 Å². The van der Waals surface area contributed by atoms with E-state index < -0.39 is 29.6 Å². The van der Waals surface area contributed by atoms with Crippen LogP contribution in [0.4, 0.5) is 4.79 Å². The Morgan fingerprint density at radius 2 is 1.97 bits per heavy atom. The molecule has 10 nitrogen and oxygen atoms in total. The molecule has 1 saturated heterocycles. The number of nitrogens with one attached hydrogen (secondary N) is 1. The molecule has 208 valence electrons. The number of urea groups is 1. The molecule has 0 radical (unpaired) electrons. The van der Waals surface area contributed by atoms with Crippen molar-refractivity contribution in [2.45, 2.75) is 69.7 Å². The van der Waals surface area contributed by atoms with Gasteiger partial charge in [0.15, 0.2) is 0 Å². The van der Waals surface area contributed by atoms with Crippen molar-refractivity contribution in [1.82, 2.24) is 15.1 Å². The standard InChI is InChI=1S/C28H39N3O7/c1-3-37-19-38-23-15-24-25(32)29-28(26(33)34)16-21(28)9-7-5-4-6-8-14-30(27(35)31(24)18-23)17-20-10-12-22(36-2)13-11-20/h7,9-13,21,23-24H,3-6,8,14-19H2,1-2H3,(H,29,32)(H,33,34)/b9-7-/t21-,23-,24+,28-/m1/s1. The van der Waals surface area contributed by atoms with E-state index in [1.165, 1.54) is 4.90 Å². The molecule has 1 saturated carbocycles. The fourth-order valence-electron chi connectivity index (χ4n) is 5.25. The van der Waals surface area contributed by atoms with Crippen LogP contribution in [0.5, 0.6) is 5.75 Å².